The van der Waals surface area contributed by atoms with Crippen LogP contribution in [0, 0.1) is 5.92 Å². The number of aryl methyl sites for hydroxylation is 1. The number of hydrogen-bond donors (Lipinski definition) is 1. The molecular formula is C30H38N6O3. The van der Waals surface area contributed by atoms with Gasteiger partial charge in [0.2, 0.25) is 0 Å². The molecule has 1 amide bonds. The summed E-state index contributed by atoms with van der Waals surface area (Å²) >= 11 is 0. The summed E-state index contributed by atoms with van der Waals surface area (Å²) < 4.78 is 16.1. The van der Waals surface area contributed by atoms with Gasteiger partial charge in [0.25, 0.3) is 5.91 Å². The zero-order chi connectivity index (χ0) is 27.4. The number of aromatic nitrogens is 4. The number of imidazole rings is 1. The quantitative estimate of drug-likeness (QED) is 0.374. The van der Waals surface area contributed by atoms with Crippen LogP contribution >= 0.6 is 0 Å². The minimum Gasteiger partial charge on any atom is -0.494 e. The lowest BCUT2D eigenvalue weighted by molar-refractivity contribution is 0.00771. The lowest BCUT2D eigenvalue weighted by Crippen LogP contribution is -2.41. The standard InChI is InChI=1S/C30H38N6O3/c1-6-18-16-35(17(3)26(18)31)30(37)20-11-23-27(25(13-20)39-5)36(21-14-22(15-21)38-4)29(33-23)24-12-19-9-8-10-32-28(19)34(24)7-2/h8-13,17-18,21-22,26H,6-7,14-16,31H2,1-5H3. The van der Waals surface area contributed by atoms with Crippen LogP contribution in [0.4, 0.5) is 0 Å². The highest BCUT2D eigenvalue weighted by atomic mass is 16.5. The summed E-state index contributed by atoms with van der Waals surface area (Å²) in [5.41, 5.74) is 10.6. The third-order valence-electron chi connectivity index (χ3n) is 9.00. The van der Waals surface area contributed by atoms with Crippen LogP contribution in [0.1, 0.15) is 56.4 Å². The SMILES string of the molecule is CCC1CN(C(=O)c2cc(OC)c3c(c2)nc(-c2cc4cccnc4n2CC)n3C2CC(OC)C2)C(C)C1N. The molecule has 1 saturated carbocycles. The molecule has 2 N–H and O–H groups in total. The molecule has 4 aromatic rings. The second-order valence-corrected chi connectivity index (χ2v) is 11.0. The number of nitrogens with zero attached hydrogens (tertiary/aromatic N) is 5. The first-order chi connectivity index (χ1) is 18.9. The second-order valence-electron chi connectivity index (χ2n) is 11.0. The molecule has 6 rings (SSSR count). The third kappa shape index (κ3) is 4.02. The first kappa shape index (κ1) is 25.8. The van der Waals surface area contributed by atoms with E-state index in [-0.39, 0.29) is 30.1 Å². The number of pyridine rings is 1. The van der Waals surface area contributed by atoms with Crippen LogP contribution in [0.15, 0.2) is 36.5 Å². The van der Waals surface area contributed by atoms with Crippen molar-refractivity contribution < 1.29 is 14.3 Å². The van der Waals surface area contributed by atoms with E-state index in [9.17, 15) is 4.79 Å². The topological polar surface area (TPSA) is 100 Å². The first-order valence-corrected chi connectivity index (χ1v) is 14.0. The van der Waals surface area contributed by atoms with Crippen molar-refractivity contribution in [1.29, 1.82) is 0 Å². The van der Waals surface area contributed by atoms with Gasteiger partial charge in [0, 0.05) is 55.5 Å². The average Bonchev–Trinajstić information content (AvgIpc) is 3.58. The number of rotatable bonds is 7. The molecule has 1 aromatic carbocycles. The van der Waals surface area contributed by atoms with Gasteiger partial charge in [-0.25, -0.2) is 9.97 Å². The molecule has 3 aromatic heterocycles. The van der Waals surface area contributed by atoms with E-state index in [4.69, 9.17) is 20.2 Å². The number of carbonyl (C=O) groups excluding carboxylic acids is 1. The molecule has 9 nitrogen and oxygen atoms in total. The highest BCUT2D eigenvalue weighted by Crippen LogP contribution is 2.43. The summed E-state index contributed by atoms with van der Waals surface area (Å²) in [5.74, 6) is 1.78. The molecule has 2 aliphatic rings. The number of hydrogen-bond acceptors (Lipinski definition) is 6. The van der Waals surface area contributed by atoms with Gasteiger partial charge in [-0.05, 0) is 62.9 Å². The molecule has 39 heavy (non-hydrogen) atoms. The fourth-order valence-electron chi connectivity index (χ4n) is 6.52. The highest BCUT2D eigenvalue weighted by molar-refractivity contribution is 6.00. The van der Waals surface area contributed by atoms with E-state index in [1.165, 1.54) is 0 Å². The van der Waals surface area contributed by atoms with Crippen LogP contribution in [-0.4, -0.2) is 68.9 Å². The predicted molar refractivity (Wildman–Crippen MR) is 152 cm³/mol. The Morgan fingerprint density at radius 3 is 2.64 bits per heavy atom. The van der Waals surface area contributed by atoms with Gasteiger partial charge in [-0.1, -0.05) is 13.3 Å². The minimum atomic E-state index is -0.0276. The minimum absolute atomic E-state index is 0.0210. The number of nitrogens with two attached hydrogens (primary N) is 1. The van der Waals surface area contributed by atoms with Crippen molar-refractivity contribution in [2.75, 3.05) is 20.8 Å². The Labute approximate surface area is 228 Å². The fraction of sp³-hybridized carbons (Fsp3) is 0.500. The summed E-state index contributed by atoms with van der Waals surface area (Å²) in [4.78, 5) is 25.5. The van der Waals surface area contributed by atoms with Crippen LogP contribution in [0.3, 0.4) is 0 Å². The molecule has 1 aliphatic carbocycles. The van der Waals surface area contributed by atoms with Gasteiger partial charge in [0.05, 0.1) is 24.4 Å². The number of amides is 1. The van der Waals surface area contributed by atoms with Crippen molar-refractivity contribution in [3.05, 3.63) is 42.1 Å². The van der Waals surface area contributed by atoms with E-state index in [1.807, 2.05) is 36.2 Å². The zero-order valence-electron chi connectivity index (χ0n) is 23.4. The van der Waals surface area contributed by atoms with Gasteiger partial charge in [-0.15, -0.1) is 0 Å². The van der Waals surface area contributed by atoms with Crippen molar-refractivity contribution in [3.63, 3.8) is 0 Å². The van der Waals surface area contributed by atoms with E-state index in [1.54, 1.807) is 14.2 Å². The van der Waals surface area contributed by atoms with Crippen molar-refractivity contribution in [3.8, 4) is 17.3 Å². The Balaban J connectivity index is 1.52. The molecule has 0 bridgehead atoms. The maximum atomic E-state index is 13.8. The predicted octanol–water partition coefficient (Wildman–Crippen LogP) is 4.63. The van der Waals surface area contributed by atoms with Gasteiger partial charge in [0.1, 0.15) is 16.9 Å². The van der Waals surface area contributed by atoms with E-state index < -0.39 is 0 Å². The molecule has 0 radical (unpaired) electrons. The van der Waals surface area contributed by atoms with Crippen LogP contribution < -0.4 is 10.5 Å². The Morgan fingerprint density at radius 2 is 1.97 bits per heavy atom. The fourth-order valence-corrected chi connectivity index (χ4v) is 6.52. The zero-order valence-corrected chi connectivity index (χ0v) is 23.4. The van der Waals surface area contributed by atoms with Gasteiger partial charge < -0.3 is 29.2 Å². The van der Waals surface area contributed by atoms with E-state index in [0.29, 0.717) is 23.8 Å². The van der Waals surface area contributed by atoms with E-state index in [0.717, 1.165) is 59.4 Å². The molecule has 1 saturated heterocycles. The first-order valence-electron chi connectivity index (χ1n) is 14.0. The molecule has 3 unspecified atom stereocenters. The molecule has 0 spiro atoms. The molecule has 1 aliphatic heterocycles. The normalized spacial score (nSPS) is 25.0. The smallest absolute Gasteiger partial charge is 0.254 e. The summed E-state index contributed by atoms with van der Waals surface area (Å²) in [6.07, 6.45) is 4.79. The second kappa shape index (κ2) is 9.95. The monoisotopic (exact) mass is 530 g/mol. The van der Waals surface area contributed by atoms with Crippen LogP contribution in [0.5, 0.6) is 5.75 Å². The Morgan fingerprint density at radius 1 is 1.18 bits per heavy atom. The summed E-state index contributed by atoms with van der Waals surface area (Å²) in [6, 6.07) is 10.2. The van der Waals surface area contributed by atoms with Crippen molar-refractivity contribution in [1.82, 2.24) is 24.0 Å². The number of likely N-dealkylation sites (tertiary alicyclic amines) is 1. The summed E-state index contributed by atoms with van der Waals surface area (Å²) in [5, 5.41) is 1.07. The molecule has 3 atom stereocenters. The molecular weight excluding hydrogens is 492 g/mol. The van der Waals surface area contributed by atoms with Crippen molar-refractivity contribution in [2.45, 2.75) is 70.8 Å². The Kier molecular flexibility index (Phi) is 6.59. The Hall–Kier alpha value is -3.43. The molecule has 4 heterocycles. The van der Waals surface area contributed by atoms with Gasteiger partial charge in [-0.2, -0.15) is 0 Å². The molecule has 9 heteroatoms. The maximum absolute atomic E-state index is 13.8. The largest absolute Gasteiger partial charge is 0.494 e. The number of methoxy groups -OCH3 is 2. The van der Waals surface area contributed by atoms with Crippen molar-refractivity contribution >= 4 is 28.0 Å². The average molecular weight is 531 g/mol. The van der Waals surface area contributed by atoms with Gasteiger partial charge >= 0.3 is 0 Å². The highest BCUT2D eigenvalue weighted by Gasteiger charge is 2.39. The summed E-state index contributed by atoms with van der Waals surface area (Å²) in [6.45, 7) is 7.73. The van der Waals surface area contributed by atoms with Crippen molar-refractivity contribution in [2.24, 2.45) is 11.7 Å². The van der Waals surface area contributed by atoms with E-state index >= 15 is 0 Å². The van der Waals surface area contributed by atoms with Crippen LogP contribution in [0.2, 0.25) is 0 Å². The van der Waals surface area contributed by atoms with Crippen LogP contribution in [-0.2, 0) is 11.3 Å². The number of fused-ring (bicyclic) bond motifs is 2. The van der Waals surface area contributed by atoms with Crippen LogP contribution in [0.25, 0.3) is 33.6 Å². The third-order valence-corrected chi connectivity index (χ3v) is 9.00. The van der Waals surface area contributed by atoms with E-state index in [2.05, 4.69) is 40.1 Å². The summed E-state index contributed by atoms with van der Waals surface area (Å²) in [7, 11) is 3.43. The lowest BCUT2D eigenvalue weighted by Gasteiger charge is -2.36. The van der Waals surface area contributed by atoms with Gasteiger partial charge in [-0.3, -0.25) is 4.79 Å². The maximum Gasteiger partial charge on any atom is 0.254 e. The Bertz CT molecular complexity index is 1530. The number of carbonyl (C=O) groups is 1. The van der Waals surface area contributed by atoms with Gasteiger partial charge in [0.15, 0.2) is 5.82 Å². The lowest BCUT2D eigenvalue weighted by atomic mass is 9.88. The molecule has 206 valence electrons. The number of ether oxygens (including phenoxy) is 2. The molecule has 2 fully saturated rings. The number of benzene rings is 1.